The van der Waals surface area contributed by atoms with E-state index in [1.54, 1.807) is 0 Å². The monoisotopic (exact) mass is 292 g/mol. The van der Waals surface area contributed by atoms with Crippen LogP contribution in [-0.2, 0) is 6.42 Å². The molecule has 0 saturated carbocycles. The Morgan fingerprint density at radius 1 is 1.30 bits per heavy atom. The van der Waals surface area contributed by atoms with Crippen LogP contribution in [0.3, 0.4) is 0 Å². The van der Waals surface area contributed by atoms with Crippen molar-refractivity contribution in [1.29, 1.82) is 0 Å². The molecular formula is C17H28N2S. The van der Waals surface area contributed by atoms with E-state index in [0.717, 1.165) is 19.5 Å². The van der Waals surface area contributed by atoms with Crippen molar-refractivity contribution in [1.82, 2.24) is 10.2 Å². The number of benzene rings is 1. The van der Waals surface area contributed by atoms with E-state index in [4.69, 9.17) is 0 Å². The molecule has 1 heterocycles. The molecule has 1 aromatic carbocycles. The Morgan fingerprint density at radius 2 is 2.00 bits per heavy atom. The zero-order valence-electron chi connectivity index (χ0n) is 13.2. The second-order valence-corrected chi connectivity index (χ2v) is 8.05. The quantitative estimate of drug-likeness (QED) is 0.898. The summed E-state index contributed by atoms with van der Waals surface area (Å²) in [5.41, 5.74) is 1.43. The van der Waals surface area contributed by atoms with Crippen molar-refractivity contribution in [3.8, 4) is 0 Å². The largest absolute Gasteiger partial charge is 0.311 e. The van der Waals surface area contributed by atoms with Crippen molar-refractivity contribution in [2.45, 2.75) is 44.0 Å². The highest BCUT2D eigenvalue weighted by Gasteiger charge is 2.29. The molecule has 0 amide bonds. The van der Waals surface area contributed by atoms with Crippen molar-refractivity contribution in [2.24, 2.45) is 0 Å². The van der Waals surface area contributed by atoms with E-state index in [-0.39, 0.29) is 0 Å². The number of piperazine rings is 1. The number of hydrogen-bond acceptors (Lipinski definition) is 3. The van der Waals surface area contributed by atoms with Crippen LogP contribution in [-0.4, -0.2) is 47.6 Å². The lowest BCUT2D eigenvalue weighted by Crippen LogP contribution is -2.58. The van der Waals surface area contributed by atoms with Crippen molar-refractivity contribution in [3.63, 3.8) is 0 Å². The van der Waals surface area contributed by atoms with Gasteiger partial charge in [0.15, 0.2) is 0 Å². The molecule has 2 atom stereocenters. The van der Waals surface area contributed by atoms with Gasteiger partial charge in [-0.05, 0) is 39.0 Å². The number of rotatable bonds is 5. The lowest BCUT2D eigenvalue weighted by atomic mass is 10.0. The van der Waals surface area contributed by atoms with Gasteiger partial charge in [0.2, 0.25) is 0 Å². The normalized spacial score (nSPS) is 24.8. The highest BCUT2D eigenvalue weighted by molar-refractivity contribution is 7.99. The number of thioether (sulfide) groups is 1. The van der Waals surface area contributed by atoms with Crippen LogP contribution in [0, 0.1) is 0 Å². The van der Waals surface area contributed by atoms with E-state index in [1.807, 2.05) is 11.8 Å². The van der Waals surface area contributed by atoms with Gasteiger partial charge in [-0.2, -0.15) is 11.8 Å². The molecular weight excluding hydrogens is 264 g/mol. The first-order valence-electron chi connectivity index (χ1n) is 7.57. The molecule has 0 aromatic heterocycles. The molecule has 0 bridgehead atoms. The minimum Gasteiger partial charge on any atom is -0.311 e. The van der Waals surface area contributed by atoms with Gasteiger partial charge in [-0.15, -0.1) is 0 Å². The van der Waals surface area contributed by atoms with Crippen LogP contribution in [0.15, 0.2) is 30.3 Å². The van der Waals surface area contributed by atoms with Crippen molar-refractivity contribution in [3.05, 3.63) is 35.9 Å². The second-order valence-electron chi connectivity index (χ2n) is 6.54. The molecule has 1 aromatic rings. The summed E-state index contributed by atoms with van der Waals surface area (Å²) in [5.74, 6) is 0. The van der Waals surface area contributed by atoms with Crippen LogP contribution in [0.2, 0.25) is 0 Å². The summed E-state index contributed by atoms with van der Waals surface area (Å²) in [4.78, 5) is 2.65. The second kappa shape index (κ2) is 6.97. The molecule has 1 saturated heterocycles. The lowest BCUT2D eigenvalue weighted by Gasteiger charge is -2.42. The van der Waals surface area contributed by atoms with E-state index in [1.165, 1.54) is 12.1 Å². The summed E-state index contributed by atoms with van der Waals surface area (Å²) in [5, 5.41) is 3.70. The van der Waals surface area contributed by atoms with E-state index < -0.39 is 0 Å². The minimum absolute atomic E-state index is 0.336. The molecule has 1 fully saturated rings. The third-order valence-corrected chi connectivity index (χ3v) is 5.48. The summed E-state index contributed by atoms with van der Waals surface area (Å²) in [7, 11) is 0. The molecule has 112 valence electrons. The number of hydrogen-bond donors (Lipinski definition) is 1. The highest BCUT2D eigenvalue weighted by Crippen LogP contribution is 2.24. The summed E-state index contributed by atoms with van der Waals surface area (Å²) in [6.45, 7) is 10.4. The highest BCUT2D eigenvalue weighted by atomic mass is 32.2. The molecule has 1 aliphatic heterocycles. The Bertz CT molecular complexity index is 405. The first-order chi connectivity index (χ1) is 9.50. The molecule has 0 radical (unpaired) electrons. The van der Waals surface area contributed by atoms with Crippen LogP contribution < -0.4 is 5.32 Å². The average Bonchev–Trinajstić information content (AvgIpc) is 2.43. The Hall–Kier alpha value is -0.510. The fraction of sp³-hybridized carbons (Fsp3) is 0.647. The first kappa shape index (κ1) is 15.9. The lowest BCUT2D eigenvalue weighted by molar-refractivity contribution is 0.132. The summed E-state index contributed by atoms with van der Waals surface area (Å²) in [6, 6.07) is 12.0. The van der Waals surface area contributed by atoms with Crippen LogP contribution in [0.4, 0.5) is 0 Å². The summed E-state index contributed by atoms with van der Waals surface area (Å²) < 4.78 is 0.336. The Balaban J connectivity index is 1.94. The predicted molar refractivity (Wildman–Crippen MR) is 90.6 cm³/mol. The predicted octanol–water partition coefficient (Wildman–Crippen LogP) is 3.03. The van der Waals surface area contributed by atoms with Gasteiger partial charge in [-0.25, -0.2) is 0 Å². The van der Waals surface area contributed by atoms with Gasteiger partial charge in [0.05, 0.1) is 0 Å². The molecule has 1 aliphatic rings. The van der Waals surface area contributed by atoms with Crippen LogP contribution in [0.25, 0.3) is 0 Å². The van der Waals surface area contributed by atoms with Gasteiger partial charge < -0.3 is 5.32 Å². The third kappa shape index (κ3) is 4.51. The van der Waals surface area contributed by atoms with E-state index in [0.29, 0.717) is 16.8 Å². The Labute approximate surface area is 128 Å². The molecule has 3 heteroatoms. The van der Waals surface area contributed by atoms with Crippen molar-refractivity contribution < 1.29 is 0 Å². The van der Waals surface area contributed by atoms with Crippen molar-refractivity contribution >= 4 is 11.8 Å². The van der Waals surface area contributed by atoms with Gasteiger partial charge >= 0.3 is 0 Å². The average molecular weight is 292 g/mol. The smallest absolute Gasteiger partial charge is 0.0236 e. The molecule has 0 aliphatic carbocycles. The van der Waals surface area contributed by atoms with Crippen LogP contribution in [0.5, 0.6) is 0 Å². The molecule has 20 heavy (non-hydrogen) atoms. The summed E-state index contributed by atoms with van der Waals surface area (Å²) in [6.07, 6.45) is 3.35. The van der Waals surface area contributed by atoms with Gasteiger partial charge in [0, 0.05) is 36.5 Å². The van der Waals surface area contributed by atoms with Gasteiger partial charge in [-0.1, -0.05) is 30.3 Å². The van der Waals surface area contributed by atoms with Crippen LogP contribution >= 0.6 is 11.8 Å². The van der Waals surface area contributed by atoms with E-state index in [9.17, 15) is 0 Å². The third-order valence-electron chi connectivity index (χ3n) is 4.24. The van der Waals surface area contributed by atoms with Gasteiger partial charge in [0.1, 0.15) is 0 Å². The van der Waals surface area contributed by atoms with Gasteiger partial charge in [0.25, 0.3) is 0 Å². The minimum atomic E-state index is 0.336. The summed E-state index contributed by atoms with van der Waals surface area (Å²) >= 11 is 1.97. The molecule has 0 spiro atoms. The molecule has 1 N–H and O–H groups in total. The Morgan fingerprint density at radius 3 is 2.65 bits per heavy atom. The molecule has 2 nitrogen and oxygen atoms in total. The molecule has 2 unspecified atom stereocenters. The maximum Gasteiger partial charge on any atom is 0.0236 e. The van der Waals surface area contributed by atoms with Crippen molar-refractivity contribution in [2.75, 3.05) is 25.9 Å². The first-order valence-corrected chi connectivity index (χ1v) is 8.79. The van der Waals surface area contributed by atoms with Crippen LogP contribution in [0.1, 0.15) is 26.3 Å². The topological polar surface area (TPSA) is 15.3 Å². The van der Waals surface area contributed by atoms with E-state index >= 15 is 0 Å². The standard InChI is InChI=1S/C17H28N2S/c1-14-11-18-16(10-15-8-6-5-7-9-15)12-19(14)13-17(2,3)20-4/h5-9,14,16,18H,10-13H2,1-4H3. The van der Waals surface area contributed by atoms with E-state index in [2.05, 4.69) is 67.6 Å². The maximum absolute atomic E-state index is 3.70. The maximum atomic E-state index is 3.70. The zero-order chi connectivity index (χ0) is 14.6. The zero-order valence-corrected chi connectivity index (χ0v) is 14.0. The SMILES string of the molecule is CSC(C)(C)CN1CC(Cc2ccccc2)NCC1C. The molecule has 2 rings (SSSR count). The number of nitrogens with zero attached hydrogens (tertiary/aromatic N) is 1. The number of nitrogens with one attached hydrogen (secondary N) is 1. The van der Waals surface area contributed by atoms with Gasteiger partial charge in [-0.3, -0.25) is 4.90 Å². The fourth-order valence-corrected chi connectivity index (χ4v) is 3.10. The Kier molecular flexibility index (Phi) is 5.53. The fourth-order valence-electron chi connectivity index (χ4n) is 2.80.